The van der Waals surface area contributed by atoms with Crippen LogP contribution in [0.4, 0.5) is 5.82 Å². The van der Waals surface area contributed by atoms with Gasteiger partial charge in [-0.3, -0.25) is 9.59 Å². The van der Waals surface area contributed by atoms with E-state index in [2.05, 4.69) is 10.5 Å². The number of amides is 2. The van der Waals surface area contributed by atoms with Crippen molar-refractivity contribution in [2.45, 2.75) is 51.5 Å². The van der Waals surface area contributed by atoms with Gasteiger partial charge < -0.3 is 14.7 Å². The third kappa shape index (κ3) is 4.50. The zero-order valence-corrected chi connectivity index (χ0v) is 16.5. The number of carbonyl (C=O) groups excluding carboxylic acids is 2. The van der Waals surface area contributed by atoms with Crippen molar-refractivity contribution < 1.29 is 14.1 Å². The van der Waals surface area contributed by atoms with Crippen LogP contribution in [0.25, 0.3) is 0 Å². The molecule has 0 spiro atoms. The fourth-order valence-electron chi connectivity index (χ4n) is 3.13. The summed E-state index contributed by atoms with van der Waals surface area (Å²) in [6.07, 6.45) is 2.37. The number of rotatable bonds is 3. The van der Waals surface area contributed by atoms with Crippen LogP contribution in [0.15, 0.2) is 34.9 Å². The Morgan fingerprint density at radius 1 is 1.26 bits per heavy atom. The fourth-order valence-corrected chi connectivity index (χ4v) is 3.32. The quantitative estimate of drug-likeness (QED) is 0.850. The van der Waals surface area contributed by atoms with Gasteiger partial charge in [-0.1, -0.05) is 43.6 Å². The summed E-state index contributed by atoms with van der Waals surface area (Å²) in [7, 11) is 0. The van der Waals surface area contributed by atoms with Crippen LogP contribution < -0.4 is 5.32 Å². The molecule has 1 atom stereocenters. The highest BCUT2D eigenvalue weighted by Crippen LogP contribution is 2.26. The lowest BCUT2D eigenvalue weighted by atomic mass is 9.93. The first-order chi connectivity index (χ1) is 12.8. The Labute approximate surface area is 163 Å². The number of benzene rings is 1. The summed E-state index contributed by atoms with van der Waals surface area (Å²) < 4.78 is 5.31. The number of aromatic nitrogens is 1. The van der Waals surface area contributed by atoms with Gasteiger partial charge in [0.15, 0.2) is 5.82 Å². The van der Waals surface area contributed by atoms with Crippen LogP contribution in [-0.4, -0.2) is 34.5 Å². The second-order valence-corrected chi connectivity index (χ2v) is 8.27. The van der Waals surface area contributed by atoms with Gasteiger partial charge in [0.25, 0.3) is 5.91 Å². The average Bonchev–Trinajstić information content (AvgIpc) is 3.10. The minimum Gasteiger partial charge on any atom is -0.359 e. The Morgan fingerprint density at radius 3 is 2.70 bits per heavy atom. The van der Waals surface area contributed by atoms with Gasteiger partial charge in [0.1, 0.15) is 11.8 Å². The monoisotopic (exact) mass is 389 g/mol. The van der Waals surface area contributed by atoms with E-state index in [0.29, 0.717) is 35.1 Å². The molecule has 144 valence electrons. The van der Waals surface area contributed by atoms with Gasteiger partial charge in [0, 0.05) is 28.6 Å². The number of anilines is 1. The van der Waals surface area contributed by atoms with Crippen molar-refractivity contribution in [2.75, 3.05) is 11.9 Å². The van der Waals surface area contributed by atoms with Crippen molar-refractivity contribution in [1.29, 1.82) is 0 Å². The number of likely N-dealkylation sites (tertiary alicyclic amines) is 1. The van der Waals surface area contributed by atoms with Gasteiger partial charge in [-0.25, -0.2) is 0 Å². The first kappa shape index (κ1) is 19.4. The molecule has 0 saturated carbocycles. The van der Waals surface area contributed by atoms with E-state index in [1.807, 2.05) is 20.8 Å². The van der Waals surface area contributed by atoms with E-state index >= 15 is 0 Å². The third-order valence-electron chi connectivity index (χ3n) is 4.64. The second kappa shape index (κ2) is 7.72. The molecule has 1 aliphatic heterocycles. The summed E-state index contributed by atoms with van der Waals surface area (Å²) in [6.45, 7) is 6.55. The SMILES string of the molecule is CC(C)(C)c1cc(NC(=O)[C@@H]2CCCCN2C(=O)c2cccc(Cl)c2)no1. The van der Waals surface area contributed by atoms with Gasteiger partial charge >= 0.3 is 0 Å². The van der Waals surface area contributed by atoms with Crippen LogP contribution in [0.5, 0.6) is 0 Å². The molecule has 27 heavy (non-hydrogen) atoms. The van der Waals surface area contributed by atoms with Crippen LogP contribution in [0.1, 0.15) is 56.2 Å². The predicted octanol–water partition coefficient (Wildman–Crippen LogP) is 4.26. The molecule has 2 aromatic rings. The number of piperidine rings is 1. The summed E-state index contributed by atoms with van der Waals surface area (Å²) in [6, 6.07) is 7.98. The first-order valence-corrected chi connectivity index (χ1v) is 9.48. The van der Waals surface area contributed by atoms with E-state index in [0.717, 1.165) is 12.8 Å². The van der Waals surface area contributed by atoms with Crippen LogP contribution in [0.2, 0.25) is 5.02 Å². The van der Waals surface area contributed by atoms with Crippen molar-refractivity contribution in [2.24, 2.45) is 0 Å². The maximum Gasteiger partial charge on any atom is 0.254 e. The molecule has 2 heterocycles. The van der Waals surface area contributed by atoms with Gasteiger partial charge in [-0.05, 0) is 37.5 Å². The molecule has 1 aromatic heterocycles. The van der Waals surface area contributed by atoms with E-state index in [9.17, 15) is 9.59 Å². The second-order valence-electron chi connectivity index (χ2n) is 7.84. The Hall–Kier alpha value is -2.34. The average molecular weight is 390 g/mol. The number of halogens is 1. The minimum absolute atomic E-state index is 0.187. The smallest absolute Gasteiger partial charge is 0.254 e. The third-order valence-corrected chi connectivity index (χ3v) is 4.87. The molecule has 1 aromatic carbocycles. The molecule has 1 N–H and O–H groups in total. The number of nitrogens with zero attached hydrogens (tertiary/aromatic N) is 2. The van der Waals surface area contributed by atoms with E-state index in [4.69, 9.17) is 16.1 Å². The number of nitrogens with one attached hydrogen (secondary N) is 1. The molecule has 1 saturated heterocycles. The summed E-state index contributed by atoms with van der Waals surface area (Å²) in [5.74, 6) is 0.616. The Bertz CT molecular complexity index is 841. The normalized spacial score (nSPS) is 17.6. The standard InChI is InChI=1S/C20H24ClN3O3/c1-20(2,3)16-12-17(23-27-16)22-18(25)15-9-4-5-10-24(15)19(26)13-7-6-8-14(21)11-13/h6-8,11-12,15H,4-5,9-10H2,1-3H3,(H,22,23,25)/t15-/m0/s1. The first-order valence-electron chi connectivity index (χ1n) is 9.10. The molecule has 2 amide bonds. The van der Waals surface area contributed by atoms with Crippen LogP contribution in [0, 0.1) is 0 Å². The maximum atomic E-state index is 12.9. The molecular weight excluding hydrogens is 366 g/mol. The van der Waals surface area contributed by atoms with Gasteiger partial charge in [-0.15, -0.1) is 0 Å². The molecule has 1 aliphatic rings. The molecule has 0 unspecified atom stereocenters. The zero-order valence-electron chi connectivity index (χ0n) is 15.8. The van der Waals surface area contributed by atoms with E-state index < -0.39 is 6.04 Å². The Balaban J connectivity index is 1.75. The largest absolute Gasteiger partial charge is 0.359 e. The van der Waals surface area contributed by atoms with Gasteiger partial charge in [0.05, 0.1) is 0 Å². The molecule has 0 aliphatic carbocycles. The predicted molar refractivity (Wildman–Crippen MR) is 104 cm³/mol. The highest BCUT2D eigenvalue weighted by Gasteiger charge is 2.33. The van der Waals surface area contributed by atoms with Crippen molar-refractivity contribution in [3.8, 4) is 0 Å². The summed E-state index contributed by atoms with van der Waals surface area (Å²) in [5, 5.41) is 7.21. The van der Waals surface area contributed by atoms with Gasteiger partial charge in [0.2, 0.25) is 5.91 Å². The van der Waals surface area contributed by atoms with E-state index in [-0.39, 0.29) is 17.2 Å². The lowest BCUT2D eigenvalue weighted by Gasteiger charge is -2.34. The molecular formula is C20H24ClN3O3. The van der Waals surface area contributed by atoms with Crippen LogP contribution in [-0.2, 0) is 10.2 Å². The van der Waals surface area contributed by atoms with Crippen LogP contribution >= 0.6 is 11.6 Å². The van der Waals surface area contributed by atoms with Crippen molar-refractivity contribution in [3.05, 3.63) is 46.7 Å². The molecule has 0 bridgehead atoms. The molecule has 1 fully saturated rings. The highest BCUT2D eigenvalue weighted by molar-refractivity contribution is 6.31. The Kier molecular flexibility index (Phi) is 5.56. The van der Waals surface area contributed by atoms with Gasteiger partial charge in [-0.2, -0.15) is 0 Å². The maximum absolute atomic E-state index is 12.9. The molecule has 7 heteroatoms. The van der Waals surface area contributed by atoms with Crippen molar-refractivity contribution in [1.82, 2.24) is 10.1 Å². The summed E-state index contributed by atoms with van der Waals surface area (Å²) in [5.41, 5.74) is 0.286. The lowest BCUT2D eigenvalue weighted by molar-refractivity contribution is -0.121. The topological polar surface area (TPSA) is 75.4 Å². The summed E-state index contributed by atoms with van der Waals surface area (Å²) in [4.78, 5) is 27.4. The minimum atomic E-state index is -0.542. The zero-order chi connectivity index (χ0) is 19.6. The number of carbonyl (C=O) groups is 2. The molecule has 0 radical (unpaired) electrons. The highest BCUT2D eigenvalue weighted by atomic mass is 35.5. The lowest BCUT2D eigenvalue weighted by Crippen LogP contribution is -2.50. The molecule has 3 rings (SSSR count). The van der Waals surface area contributed by atoms with E-state index in [1.165, 1.54) is 0 Å². The summed E-state index contributed by atoms with van der Waals surface area (Å²) >= 11 is 6.00. The number of hydrogen-bond acceptors (Lipinski definition) is 4. The van der Waals surface area contributed by atoms with Crippen molar-refractivity contribution in [3.63, 3.8) is 0 Å². The molecule has 6 nitrogen and oxygen atoms in total. The number of hydrogen-bond donors (Lipinski definition) is 1. The Morgan fingerprint density at radius 2 is 2.04 bits per heavy atom. The van der Waals surface area contributed by atoms with Crippen LogP contribution in [0.3, 0.4) is 0 Å². The van der Waals surface area contributed by atoms with E-state index in [1.54, 1.807) is 35.2 Å². The fraction of sp³-hybridized carbons (Fsp3) is 0.450. The van der Waals surface area contributed by atoms with Crippen molar-refractivity contribution >= 4 is 29.2 Å².